The molecule has 0 aromatic rings. The Morgan fingerprint density at radius 3 is 0.680 bits per heavy atom. The van der Waals surface area contributed by atoms with Crippen LogP contribution in [0.5, 0.6) is 0 Å². The summed E-state index contributed by atoms with van der Waals surface area (Å²) in [5.74, 6) is 0. The molecule has 0 unspecified atom stereocenters. The van der Waals surface area contributed by atoms with Gasteiger partial charge in [0.15, 0.2) is 0 Å². The summed E-state index contributed by atoms with van der Waals surface area (Å²) in [7, 11) is -4.69. The van der Waals surface area contributed by atoms with Gasteiger partial charge >= 0.3 is 0 Å². The highest BCUT2D eigenvalue weighted by atomic mass is 35.7. The van der Waals surface area contributed by atoms with E-state index < -0.39 is 10.2 Å². The second kappa shape index (κ2) is 39.2. The fourth-order valence-corrected chi connectivity index (χ4v) is 0.816. The Morgan fingerprint density at radius 2 is 0.680 bits per heavy atom. The summed E-state index contributed by atoms with van der Waals surface area (Å²) < 4.78 is 32.7. The predicted octanol–water partition coefficient (Wildman–Crippen LogP) is -1.14. The molecule has 0 atom stereocenters. The first kappa shape index (κ1) is 36.0. The molecule has 0 saturated heterocycles. The fraction of sp³-hybridized carbons (Fsp3) is 1.00. The van der Waals surface area contributed by atoms with E-state index in [-0.39, 0.29) is 0 Å². The molecule has 0 heterocycles. The molecule has 0 radical (unpaired) electrons. The Labute approximate surface area is 157 Å². The van der Waals surface area contributed by atoms with Gasteiger partial charge < -0.3 is 22.9 Å². The van der Waals surface area contributed by atoms with Crippen LogP contribution >= 0.6 is 0 Å². The molecule has 0 fully saturated rings. The summed E-state index contributed by atoms with van der Waals surface area (Å²) in [6, 6.07) is 0. The van der Waals surface area contributed by atoms with E-state index in [1.165, 1.54) is 51.4 Å². The molecule has 160 valence electrons. The minimum absolute atomic E-state index is 0.844. The third-order valence-corrected chi connectivity index (χ3v) is 2.23. The summed E-state index contributed by atoms with van der Waals surface area (Å²) in [4.78, 5) is 0. The van der Waals surface area contributed by atoms with E-state index in [2.05, 4.69) is 27.7 Å². The van der Waals surface area contributed by atoms with Gasteiger partial charge in [-0.1, -0.05) is 53.4 Å². The van der Waals surface area contributed by atoms with Gasteiger partial charge in [0.25, 0.3) is 0 Å². The van der Waals surface area contributed by atoms with E-state index in [0.29, 0.717) is 0 Å². The average Bonchev–Trinajstić information content (AvgIpc) is 2.51. The summed E-state index contributed by atoms with van der Waals surface area (Å²) in [6.45, 7) is 11.9. The Hall–Kier alpha value is -0.0300. The van der Waals surface area contributed by atoms with Gasteiger partial charge in [0, 0.05) is 0 Å². The fourth-order valence-electron chi connectivity index (χ4n) is 0.816. The van der Waals surface area contributed by atoms with Crippen molar-refractivity contribution in [2.45, 2.75) is 79.1 Å². The molecular formula is C16H45ClN4O4. The zero-order valence-corrected chi connectivity index (χ0v) is 17.6. The quantitative estimate of drug-likeness (QED) is 0.341. The van der Waals surface area contributed by atoms with E-state index in [9.17, 15) is 0 Å². The van der Waals surface area contributed by atoms with Crippen molar-refractivity contribution in [3.8, 4) is 0 Å². The van der Waals surface area contributed by atoms with Crippen LogP contribution in [0.4, 0.5) is 0 Å². The van der Waals surface area contributed by atoms with Crippen LogP contribution in [0.2, 0.25) is 0 Å². The Balaban J connectivity index is -0.0000000667. The van der Waals surface area contributed by atoms with Crippen molar-refractivity contribution in [3.63, 3.8) is 0 Å². The third kappa shape index (κ3) is 182. The van der Waals surface area contributed by atoms with Crippen molar-refractivity contribution < 1.29 is 28.9 Å². The smallest absolute Gasteiger partial charge is 0.0777 e. The molecule has 0 aromatic heterocycles. The SMILES string of the molecule is CCCCN.CCCCN.CCCCN.CCCCN.[O-][Cl+3]([O-])([O-])O. The van der Waals surface area contributed by atoms with Crippen LogP contribution in [-0.2, 0) is 0 Å². The lowest BCUT2D eigenvalue weighted by Gasteiger charge is -2.03. The van der Waals surface area contributed by atoms with Crippen LogP contribution in [0.3, 0.4) is 0 Å². The van der Waals surface area contributed by atoms with Crippen LogP contribution in [0.1, 0.15) is 79.1 Å². The number of halogens is 1. The van der Waals surface area contributed by atoms with Crippen LogP contribution in [0.15, 0.2) is 0 Å². The highest BCUT2D eigenvalue weighted by Crippen LogP contribution is 1.78. The molecule has 0 aliphatic rings. The maximum absolute atomic E-state index is 8.60. The van der Waals surface area contributed by atoms with Gasteiger partial charge in [-0.05, 0) is 51.9 Å². The summed E-state index contributed by atoms with van der Waals surface area (Å²) in [5.41, 5.74) is 20.6. The van der Waals surface area contributed by atoms with Crippen molar-refractivity contribution in [1.29, 1.82) is 0 Å². The Kier molecular flexibility index (Phi) is 56.4. The molecule has 0 rings (SSSR count). The largest absolute Gasteiger partial charge is 0.330 e. The predicted molar refractivity (Wildman–Crippen MR) is 98.1 cm³/mol. The van der Waals surface area contributed by atoms with E-state index in [1.54, 1.807) is 0 Å². The van der Waals surface area contributed by atoms with Gasteiger partial charge in [-0.15, -0.1) is 0 Å². The van der Waals surface area contributed by atoms with Crippen LogP contribution in [0, 0.1) is 10.2 Å². The molecule has 25 heavy (non-hydrogen) atoms. The van der Waals surface area contributed by atoms with Gasteiger partial charge in [-0.25, -0.2) is 0 Å². The molecule has 0 amide bonds. The molecule has 0 bridgehead atoms. The normalized spacial score (nSPS) is 9.12. The first-order valence-electron chi connectivity index (χ1n) is 9.09. The maximum atomic E-state index is 8.60. The van der Waals surface area contributed by atoms with Crippen molar-refractivity contribution in [1.82, 2.24) is 0 Å². The highest BCUT2D eigenvalue weighted by Gasteiger charge is 1.98. The minimum Gasteiger partial charge on any atom is -0.330 e. The first-order valence-corrected chi connectivity index (χ1v) is 10.4. The molecule has 9 N–H and O–H groups in total. The van der Waals surface area contributed by atoms with Crippen molar-refractivity contribution >= 4 is 0 Å². The average molecular weight is 393 g/mol. The van der Waals surface area contributed by atoms with Crippen LogP contribution in [-0.4, -0.2) is 30.8 Å². The van der Waals surface area contributed by atoms with E-state index in [4.69, 9.17) is 41.6 Å². The number of unbranched alkanes of at least 4 members (excludes halogenated alkanes) is 4. The van der Waals surface area contributed by atoms with Gasteiger partial charge in [0.2, 0.25) is 0 Å². The molecular weight excluding hydrogens is 348 g/mol. The highest BCUT2D eigenvalue weighted by molar-refractivity contribution is 4.30. The second-order valence-corrected chi connectivity index (χ2v) is 5.76. The number of hydrogen-bond donors (Lipinski definition) is 5. The lowest BCUT2D eigenvalue weighted by Crippen LogP contribution is -2.58. The maximum Gasteiger partial charge on any atom is 0.0777 e. The monoisotopic (exact) mass is 392 g/mol. The van der Waals surface area contributed by atoms with Crippen molar-refractivity contribution in [2.24, 2.45) is 22.9 Å². The molecule has 0 spiro atoms. The summed E-state index contributed by atoms with van der Waals surface area (Å²) >= 11 is 0. The Bertz CT molecular complexity index is 139. The lowest BCUT2D eigenvalue weighted by molar-refractivity contribution is -1.92. The second-order valence-electron chi connectivity index (χ2n) is 4.96. The van der Waals surface area contributed by atoms with Gasteiger partial charge in [-0.3, -0.25) is 0 Å². The van der Waals surface area contributed by atoms with E-state index in [0.717, 1.165) is 26.2 Å². The zero-order chi connectivity index (χ0) is 21.0. The van der Waals surface area contributed by atoms with Crippen LogP contribution < -0.4 is 36.9 Å². The van der Waals surface area contributed by atoms with Crippen molar-refractivity contribution in [2.75, 3.05) is 26.2 Å². The minimum atomic E-state index is -4.69. The van der Waals surface area contributed by atoms with Crippen LogP contribution in [0.25, 0.3) is 0 Å². The first-order chi connectivity index (χ1) is 11.7. The van der Waals surface area contributed by atoms with Crippen molar-refractivity contribution in [3.05, 3.63) is 0 Å². The lowest BCUT2D eigenvalue weighted by atomic mass is 10.3. The molecule has 8 nitrogen and oxygen atoms in total. The summed E-state index contributed by atoms with van der Waals surface area (Å²) in [6.07, 6.45) is 9.54. The zero-order valence-electron chi connectivity index (χ0n) is 16.8. The molecule has 0 aromatic carbocycles. The van der Waals surface area contributed by atoms with E-state index >= 15 is 0 Å². The number of rotatable bonds is 8. The van der Waals surface area contributed by atoms with Gasteiger partial charge in [0.1, 0.15) is 0 Å². The summed E-state index contributed by atoms with van der Waals surface area (Å²) in [5, 5.41) is 0. The molecule has 9 heteroatoms. The van der Waals surface area contributed by atoms with Gasteiger partial charge in [-0.2, -0.15) is 14.0 Å². The molecule has 0 aliphatic heterocycles. The number of nitrogens with two attached hydrogens (primary N) is 4. The number of hydrogen-bond acceptors (Lipinski definition) is 8. The molecule has 0 saturated carbocycles. The molecule has 0 aliphatic carbocycles. The van der Waals surface area contributed by atoms with Gasteiger partial charge in [0.05, 0.1) is 14.9 Å². The standard InChI is InChI=1S/4C4H11N.ClHO4/c4*1-2-3-4-5;2-1(3,4)5/h4*2-5H2,1H3;(H,2,3,4,5). The third-order valence-electron chi connectivity index (χ3n) is 2.23. The topological polar surface area (TPSA) is 193 Å². The Morgan fingerprint density at radius 1 is 0.560 bits per heavy atom. The van der Waals surface area contributed by atoms with E-state index in [1.807, 2.05) is 0 Å².